The van der Waals surface area contributed by atoms with E-state index in [9.17, 15) is 15.2 Å². The molecule has 2 aromatic carbocycles. The molecule has 0 saturated carbocycles. The number of hydrogen-bond acceptors (Lipinski definition) is 5. The molecule has 0 aromatic heterocycles. The van der Waals surface area contributed by atoms with Gasteiger partial charge in [-0.05, 0) is 24.6 Å². The number of hydrogen-bond donors (Lipinski definition) is 4. The Kier molecular flexibility index (Phi) is 8.74. The van der Waals surface area contributed by atoms with E-state index in [1.54, 1.807) is 12.1 Å². The summed E-state index contributed by atoms with van der Waals surface area (Å²) in [6, 6.07) is 16.1. The molecule has 8 nitrogen and oxygen atoms in total. The van der Waals surface area contributed by atoms with Gasteiger partial charge in [0, 0.05) is 43.4 Å². The van der Waals surface area contributed by atoms with Crippen LogP contribution in [0.5, 0.6) is 0 Å². The van der Waals surface area contributed by atoms with Gasteiger partial charge in [0.25, 0.3) is 5.69 Å². The quantitative estimate of drug-likeness (QED) is 0.164. The van der Waals surface area contributed by atoms with Crippen molar-refractivity contribution in [2.45, 2.75) is 12.8 Å². The molecule has 0 aliphatic heterocycles. The zero-order chi connectivity index (χ0) is 20.2. The van der Waals surface area contributed by atoms with Crippen LogP contribution < -0.4 is 16.0 Å². The first-order valence-corrected chi connectivity index (χ1v) is 9.30. The minimum absolute atomic E-state index is 0.0363. The lowest BCUT2D eigenvalue weighted by Crippen LogP contribution is -2.39. The molecule has 4 N–H and O–H groups in total. The SMILES string of the molecule is CCNC(=NCC(CO)c1ccccc1)NCCNc1ccc([N+](=O)[O-])cc1. The van der Waals surface area contributed by atoms with Crippen LogP contribution in [0, 0.1) is 10.1 Å². The molecule has 150 valence electrons. The van der Waals surface area contributed by atoms with Gasteiger partial charge in [0.1, 0.15) is 0 Å². The summed E-state index contributed by atoms with van der Waals surface area (Å²) in [5.41, 5.74) is 1.95. The highest BCUT2D eigenvalue weighted by molar-refractivity contribution is 5.79. The van der Waals surface area contributed by atoms with E-state index in [0.717, 1.165) is 17.8 Å². The number of aliphatic hydroxyl groups is 1. The van der Waals surface area contributed by atoms with Gasteiger partial charge < -0.3 is 21.1 Å². The van der Waals surface area contributed by atoms with Crippen molar-refractivity contribution in [3.63, 3.8) is 0 Å². The molecule has 28 heavy (non-hydrogen) atoms. The van der Waals surface area contributed by atoms with E-state index in [1.807, 2.05) is 37.3 Å². The summed E-state index contributed by atoms with van der Waals surface area (Å²) >= 11 is 0. The van der Waals surface area contributed by atoms with E-state index in [-0.39, 0.29) is 18.2 Å². The minimum atomic E-state index is -0.417. The fourth-order valence-corrected chi connectivity index (χ4v) is 2.63. The largest absolute Gasteiger partial charge is 0.396 e. The molecule has 2 rings (SSSR count). The van der Waals surface area contributed by atoms with Crippen LogP contribution in [0.15, 0.2) is 59.6 Å². The van der Waals surface area contributed by atoms with E-state index in [0.29, 0.717) is 25.6 Å². The predicted octanol–water partition coefficient (Wildman–Crippen LogP) is 2.34. The summed E-state index contributed by atoms with van der Waals surface area (Å²) in [5.74, 6) is 0.636. The molecule has 0 saturated heterocycles. The summed E-state index contributed by atoms with van der Waals surface area (Å²) < 4.78 is 0. The number of aliphatic hydroxyl groups excluding tert-OH is 1. The van der Waals surface area contributed by atoms with Gasteiger partial charge in [0.15, 0.2) is 5.96 Å². The summed E-state index contributed by atoms with van der Waals surface area (Å²) in [7, 11) is 0. The number of rotatable bonds is 10. The number of nitrogens with one attached hydrogen (secondary N) is 3. The maximum absolute atomic E-state index is 10.7. The van der Waals surface area contributed by atoms with Gasteiger partial charge in [-0.25, -0.2) is 0 Å². The monoisotopic (exact) mass is 385 g/mol. The topological polar surface area (TPSA) is 112 Å². The number of nitro groups is 1. The van der Waals surface area contributed by atoms with E-state index in [2.05, 4.69) is 20.9 Å². The van der Waals surface area contributed by atoms with Crippen LogP contribution in [0.2, 0.25) is 0 Å². The van der Waals surface area contributed by atoms with Crippen molar-refractivity contribution in [2.24, 2.45) is 4.99 Å². The van der Waals surface area contributed by atoms with Crippen LogP contribution in [0.1, 0.15) is 18.4 Å². The molecule has 0 aliphatic rings. The lowest BCUT2D eigenvalue weighted by molar-refractivity contribution is -0.384. The highest BCUT2D eigenvalue weighted by atomic mass is 16.6. The average Bonchev–Trinajstić information content (AvgIpc) is 2.72. The van der Waals surface area contributed by atoms with Crippen LogP contribution in [0.3, 0.4) is 0 Å². The lowest BCUT2D eigenvalue weighted by Gasteiger charge is -2.15. The first-order chi connectivity index (χ1) is 13.6. The molecule has 8 heteroatoms. The third-order valence-corrected chi connectivity index (χ3v) is 4.13. The maximum Gasteiger partial charge on any atom is 0.269 e. The van der Waals surface area contributed by atoms with Crippen LogP contribution >= 0.6 is 0 Å². The second kappa shape index (κ2) is 11.6. The van der Waals surface area contributed by atoms with E-state index in [1.165, 1.54) is 12.1 Å². The molecule has 0 bridgehead atoms. The first-order valence-electron chi connectivity index (χ1n) is 9.30. The van der Waals surface area contributed by atoms with Gasteiger partial charge >= 0.3 is 0 Å². The van der Waals surface area contributed by atoms with Gasteiger partial charge in [-0.3, -0.25) is 15.1 Å². The molecule has 2 aromatic rings. The van der Waals surface area contributed by atoms with Gasteiger partial charge in [-0.2, -0.15) is 0 Å². The van der Waals surface area contributed by atoms with Crippen molar-refractivity contribution < 1.29 is 10.0 Å². The van der Waals surface area contributed by atoms with Crippen molar-refractivity contribution in [2.75, 3.05) is 38.1 Å². The first kappa shape index (κ1) is 21.2. The third kappa shape index (κ3) is 6.88. The Morgan fingerprint density at radius 1 is 1.11 bits per heavy atom. The van der Waals surface area contributed by atoms with Crippen molar-refractivity contribution in [1.29, 1.82) is 0 Å². The molecule has 0 spiro atoms. The lowest BCUT2D eigenvalue weighted by atomic mass is 10.0. The average molecular weight is 385 g/mol. The zero-order valence-corrected chi connectivity index (χ0v) is 16.0. The van der Waals surface area contributed by atoms with Crippen LogP contribution in [-0.4, -0.2) is 48.8 Å². The molecule has 1 atom stereocenters. The Balaban J connectivity index is 1.82. The fraction of sp³-hybridized carbons (Fsp3) is 0.350. The summed E-state index contributed by atoms with van der Waals surface area (Å²) in [6.45, 7) is 4.49. The molecule has 0 amide bonds. The Morgan fingerprint density at radius 2 is 1.82 bits per heavy atom. The van der Waals surface area contributed by atoms with Crippen LogP contribution in [0.25, 0.3) is 0 Å². The second-order valence-corrected chi connectivity index (χ2v) is 6.17. The fourth-order valence-electron chi connectivity index (χ4n) is 2.63. The summed E-state index contributed by atoms with van der Waals surface area (Å²) in [5, 5.41) is 30.0. The molecule has 0 fully saturated rings. The number of non-ortho nitro benzene ring substituents is 1. The molecule has 0 heterocycles. The number of benzene rings is 2. The third-order valence-electron chi connectivity index (χ3n) is 4.13. The van der Waals surface area contributed by atoms with Crippen LogP contribution in [0.4, 0.5) is 11.4 Å². The number of aliphatic imine (C=N–C) groups is 1. The second-order valence-electron chi connectivity index (χ2n) is 6.17. The van der Waals surface area contributed by atoms with Gasteiger partial charge in [-0.15, -0.1) is 0 Å². The molecular weight excluding hydrogens is 358 g/mol. The summed E-state index contributed by atoms with van der Waals surface area (Å²) in [6.07, 6.45) is 0. The Bertz CT molecular complexity index is 750. The van der Waals surface area contributed by atoms with E-state index in [4.69, 9.17) is 0 Å². The van der Waals surface area contributed by atoms with Crippen molar-refractivity contribution in [1.82, 2.24) is 10.6 Å². The number of guanidine groups is 1. The van der Waals surface area contributed by atoms with Gasteiger partial charge in [0.2, 0.25) is 0 Å². The minimum Gasteiger partial charge on any atom is -0.396 e. The smallest absolute Gasteiger partial charge is 0.269 e. The van der Waals surface area contributed by atoms with Crippen molar-refractivity contribution >= 4 is 17.3 Å². The standard InChI is InChI=1S/C20H27N5O3/c1-2-21-20(24-14-17(15-26)16-6-4-3-5-7-16)23-13-12-22-18-8-10-19(11-9-18)25(27)28/h3-11,17,22,26H,2,12-15H2,1H3,(H2,21,23,24). The number of nitrogens with zero attached hydrogens (tertiary/aromatic N) is 2. The highest BCUT2D eigenvalue weighted by Crippen LogP contribution is 2.15. The normalized spacial score (nSPS) is 12.3. The van der Waals surface area contributed by atoms with Gasteiger partial charge in [0.05, 0.1) is 18.1 Å². The molecule has 1 unspecified atom stereocenters. The number of anilines is 1. The highest BCUT2D eigenvalue weighted by Gasteiger charge is 2.10. The summed E-state index contributed by atoms with van der Waals surface area (Å²) in [4.78, 5) is 14.8. The maximum atomic E-state index is 10.7. The van der Waals surface area contributed by atoms with E-state index < -0.39 is 4.92 Å². The Morgan fingerprint density at radius 3 is 2.43 bits per heavy atom. The van der Waals surface area contributed by atoms with Gasteiger partial charge in [-0.1, -0.05) is 30.3 Å². The molecule has 0 radical (unpaired) electrons. The predicted molar refractivity (Wildman–Crippen MR) is 112 cm³/mol. The Hall–Kier alpha value is -3.13. The van der Waals surface area contributed by atoms with Crippen molar-refractivity contribution in [3.05, 3.63) is 70.3 Å². The molecular formula is C20H27N5O3. The molecule has 0 aliphatic carbocycles. The van der Waals surface area contributed by atoms with E-state index >= 15 is 0 Å². The zero-order valence-electron chi connectivity index (χ0n) is 16.0. The van der Waals surface area contributed by atoms with Crippen molar-refractivity contribution in [3.8, 4) is 0 Å². The number of nitro benzene ring substituents is 1. The van der Waals surface area contributed by atoms with Crippen LogP contribution in [-0.2, 0) is 0 Å². The Labute approximate surface area is 164 Å².